The average molecular weight is 355 g/mol. The lowest BCUT2D eigenvalue weighted by atomic mass is 10.3. The summed E-state index contributed by atoms with van der Waals surface area (Å²) < 4.78 is 7.21. The zero-order valence-electron chi connectivity index (χ0n) is 8.39. The molecule has 0 atom stereocenters. The lowest BCUT2D eigenvalue weighted by Gasteiger charge is -2.07. The molecule has 0 unspecified atom stereocenters. The van der Waals surface area contributed by atoms with Crippen molar-refractivity contribution in [1.82, 2.24) is 9.97 Å². The molecule has 0 aliphatic rings. The van der Waals surface area contributed by atoms with Gasteiger partial charge in [0.25, 0.3) is 5.88 Å². The lowest BCUT2D eigenvalue weighted by Crippen LogP contribution is -1.94. The molecule has 1 heterocycles. The van der Waals surface area contributed by atoms with Gasteiger partial charge in [-0.05, 0) is 34.1 Å². The van der Waals surface area contributed by atoms with Gasteiger partial charge in [0, 0.05) is 16.9 Å². The van der Waals surface area contributed by atoms with Crippen molar-refractivity contribution in [2.75, 3.05) is 0 Å². The van der Waals surface area contributed by atoms with E-state index in [1.165, 1.54) is 12.4 Å². The van der Waals surface area contributed by atoms with Crippen LogP contribution in [0.4, 0.5) is 0 Å². The SMILES string of the molecule is N#Cc1nccnc1Oc1ccc(Br)cc1Br. The van der Waals surface area contributed by atoms with Gasteiger partial charge < -0.3 is 4.74 Å². The molecular formula is C11H5Br2N3O. The van der Waals surface area contributed by atoms with Crippen LogP contribution in [0.1, 0.15) is 5.69 Å². The molecule has 4 nitrogen and oxygen atoms in total. The number of benzene rings is 1. The summed E-state index contributed by atoms with van der Waals surface area (Å²) in [6.07, 6.45) is 2.92. The molecule has 1 aromatic carbocycles. The Labute approximate surface area is 115 Å². The van der Waals surface area contributed by atoms with Crippen molar-refractivity contribution in [3.63, 3.8) is 0 Å². The van der Waals surface area contributed by atoms with Crippen molar-refractivity contribution in [3.8, 4) is 17.7 Å². The second-order valence-corrected chi connectivity index (χ2v) is 4.77. The van der Waals surface area contributed by atoms with E-state index in [0.29, 0.717) is 5.75 Å². The lowest BCUT2D eigenvalue weighted by molar-refractivity contribution is 0.455. The molecule has 0 bridgehead atoms. The first-order valence-electron chi connectivity index (χ1n) is 4.54. The fourth-order valence-electron chi connectivity index (χ4n) is 1.14. The highest BCUT2D eigenvalue weighted by Crippen LogP contribution is 2.31. The minimum Gasteiger partial charge on any atom is -0.435 e. The van der Waals surface area contributed by atoms with Crippen LogP contribution in [-0.4, -0.2) is 9.97 Å². The number of halogens is 2. The van der Waals surface area contributed by atoms with Crippen LogP contribution >= 0.6 is 31.9 Å². The van der Waals surface area contributed by atoms with Crippen LogP contribution in [0.25, 0.3) is 0 Å². The van der Waals surface area contributed by atoms with E-state index in [4.69, 9.17) is 10.00 Å². The first-order chi connectivity index (χ1) is 8.20. The number of nitriles is 1. The van der Waals surface area contributed by atoms with E-state index in [1.54, 1.807) is 6.07 Å². The quantitative estimate of drug-likeness (QED) is 0.825. The third kappa shape index (κ3) is 2.81. The van der Waals surface area contributed by atoms with Crippen LogP contribution in [0.15, 0.2) is 39.5 Å². The summed E-state index contributed by atoms with van der Waals surface area (Å²) in [4.78, 5) is 7.84. The largest absolute Gasteiger partial charge is 0.435 e. The minimum absolute atomic E-state index is 0.155. The van der Waals surface area contributed by atoms with E-state index in [2.05, 4.69) is 41.8 Å². The first kappa shape index (κ1) is 12.0. The van der Waals surface area contributed by atoms with Crippen molar-refractivity contribution in [3.05, 3.63) is 45.2 Å². The molecule has 0 saturated heterocycles. The van der Waals surface area contributed by atoms with E-state index >= 15 is 0 Å². The first-order valence-corrected chi connectivity index (χ1v) is 6.13. The molecular weight excluding hydrogens is 350 g/mol. The van der Waals surface area contributed by atoms with Crippen LogP contribution in [-0.2, 0) is 0 Å². The number of aromatic nitrogens is 2. The third-order valence-corrected chi connectivity index (χ3v) is 2.98. The fourth-order valence-corrected chi connectivity index (χ4v) is 2.27. The molecule has 0 amide bonds. The molecule has 0 spiro atoms. The molecule has 17 heavy (non-hydrogen) atoms. The molecule has 2 rings (SSSR count). The second-order valence-electron chi connectivity index (χ2n) is 3.00. The van der Waals surface area contributed by atoms with Crippen molar-refractivity contribution in [2.45, 2.75) is 0 Å². The molecule has 0 N–H and O–H groups in total. The molecule has 6 heteroatoms. The summed E-state index contributed by atoms with van der Waals surface area (Å²) in [7, 11) is 0. The second kappa shape index (κ2) is 5.25. The summed E-state index contributed by atoms with van der Waals surface area (Å²) in [5.41, 5.74) is 0.155. The summed E-state index contributed by atoms with van der Waals surface area (Å²) >= 11 is 6.71. The summed E-state index contributed by atoms with van der Waals surface area (Å²) in [5.74, 6) is 0.767. The number of nitrogens with zero attached hydrogens (tertiary/aromatic N) is 3. The fraction of sp³-hybridized carbons (Fsp3) is 0. The van der Waals surface area contributed by atoms with E-state index in [-0.39, 0.29) is 11.6 Å². The third-order valence-electron chi connectivity index (χ3n) is 1.87. The van der Waals surface area contributed by atoms with Crippen molar-refractivity contribution in [1.29, 1.82) is 5.26 Å². The Morgan fingerprint density at radius 1 is 1.18 bits per heavy atom. The highest BCUT2D eigenvalue weighted by molar-refractivity contribution is 9.11. The van der Waals surface area contributed by atoms with Crippen LogP contribution < -0.4 is 4.74 Å². The Morgan fingerprint density at radius 2 is 1.94 bits per heavy atom. The molecule has 1 aromatic heterocycles. The van der Waals surface area contributed by atoms with E-state index in [0.717, 1.165) is 8.95 Å². The molecule has 0 fully saturated rings. The van der Waals surface area contributed by atoms with Gasteiger partial charge in [-0.15, -0.1) is 0 Å². The summed E-state index contributed by atoms with van der Waals surface area (Å²) in [6.45, 7) is 0. The Morgan fingerprint density at radius 3 is 2.65 bits per heavy atom. The molecule has 84 valence electrons. The van der Waals surface area contributed by atoms with Crippen molar-refractivity contribution in [2.24, 2.45) is 0 Å². The maximum absolute atomic E-state index is 8.86. The van der Waals surface area contributed by atoms with Crippen LogP contribution in [0.5, 0.6) is 11.6 Å². The van der Waals surface area contributed by atoms with E-state index < -0.39 is 0 Å². The standard InChI is InChI=1S/C11H5Br2N3O/c12-7-1-2-10(8(13)5-7)17-11-9(6-14)15-3-4-16-11/h1-5H. The molecule has 0 aliphatic carbocycles. The zero-order valence-corrected chi connectivity index (χ0v) is 11.6. The minimum atomic E-state index is 0.155. The Bertz CT molecular complexity index is 596. The maximum Gasteiger partial charge on any atom is 0.256 e. The van der Waals surface area contributed by atoms with Gasteiger partial charge >= 0.3 is 0 Å². The van der Waals surface area contributed by atoms with E-state index in [1.807, 2.05) is 18.2 Å². The Balaban J connectivity index is 2.35. The zero-order chi connectivity index (χ0) is 12.3. The predicted molar refractivity (Wildman–Crippen MR) is 68.7 cm³/mol. The van der Waals surface area contributed by atoms with Gasteiger partial charge in [-0.25, -0.2) is 9.97 Å². The van der Waals surface area contributed by atoms with Crippen molar-refractivity contribution < 1.29 is 4.74 Å². The Hall–Kier alpha value is -1.45. The molecule has 0 aliphatic heterocycles. The Kier molecular flexibility index (Phi) is 3.71. The number of rotatable bonds is 2. The van der Waals surface area contributed by atoms with Crippen LogP contribution in [0.2, 0.25) is 0 Å². The van der Waals surface area contributed by atoms with Gasteiger partial charge in [-0.3, -0.25) is 0 Å². The summed E-state index contributed by atoms with van der Waals surface area (Å²) in [6, 6.07) is 7.37. The topological polar surface area (TPSA) is 58.8 Å². The van der Waals surface area contributed by atoms with Gasteiger partial charge in [-0.2, -0.15) is 5.26 Å². The predicted octanol–water partition coefficient (Wildman–Crippen LogP) is 3.67. The van der Waals surface area contributed by atoms with Gasteiger partial charge in [0.15, 0.2) is 0 Å². The van der Waals surface area contributed by atoms with E-state index in [9.17, 15) is 0 Å². The van der Waals surface area contributed by atoms with Gasteiger partial charge in [0.1, 0.15) is 11.8 Å². The molecule has 0 saturated carbocycles. The van der Waals surface area contributed by atoms with Gasteiger partial charge in [-0.1, -0.05) is 15.9 Å². The molecule has 2 aromatic rings. The van der Waals surface area contributed by atoms with Crippen molar-refractivity contribution >= 4 is 31.9 Å². The number of hydrogen-bond donors (Lipinski definition) is 0. The molecule has 0 radical (unpaired) electrons. The monoisotopic (exact) mass is 353 g/mol. The van der Waals surface area contributed by atoms with Gasteiger partial charge in [0.2, 0.25) is 5.69 Å². The normalized spacial score (nSPS) is 9.71. The number of ether oxygens (including phenoxy) is 1. The highest BCUT2D eigenvalue weighted by atomic mass is 79.9. The van der Waals surface area contributed by atoms with Crippen LogP contribution in [0, 0.1) is 11.3 Å². The maximum atomic E-state index is 8.86. The van der Waals surface area contributed by atoms with Gasteiger partial charge in [0.05, 0.1) is 4.47 Å². The highest BCUT2D eigenvalue weighted by Gasteiger charge is 2.09. The smallest absolute Gasteiger partial charge is 0.256 e. The summed E-state index contributed by atoms with van der Waals surface area (Å²) in [5, 5.41) is 8.86. The average Bonchev–Trinajstić information content (AvgIpc) is 2.33. The number of hydrogen-bond acceptors (Lipinski definition) is 4. The van der Waals surface area contributed by atoms with Crippen LogP contribution in [0.3, 0.4) is 0 Å².